The van der Waals surface area contributed by atoms with Crippen LogP contribution in [0.5, 0.6) is 0 Å². The highest BCUT2D eigenvalue weighted by Crippen LogP contribution is 2.44. The van der Waals surface area contributed by atoms with Gasteiger partial charge in [0.05, 0.1) is 10.3 Å². The van der Waals surface area contributed by atoms with Gasteiger partial charge in [-0.2, -0.15) is 0 Å². The zero-order valence-corrected chi connectivity index (χ0v) is 14.6. The fraction of sp³-hybridized carbons (Fsp3) is 0.588. The third kappa shape index (κ3) is 3.17. The number of carboxylic acids is 1. The molecule has 2 aliphatic rings. The second kappa shape index (κ2) is 6.55. The number of nitrogens with zero attached hydrogens (tertiary/aromatic N) is 2. The van der Waals surface area contributed by atoms with E-state index in [-0.39, 0.29) is 18.2 Å². The second-order valence-corrected chi connectivity index (χ2v) is 7.99. The molecule has 0 aromatic carbocycles. The fourth-order valence-electron chi connectivity index (χ4n) is 3.34. The monoisotopic (exact) mass is 350 g/mol. The van der Waals surface area contributed by atoms with Gasteiger partial charge in [-0.25, -0.2) is 0 Å². The lowest BCUT2D eigenvalue weighted by molar-refractivity contribution is -0.159. The summed E-state index contributed by atoms with van der Waals surface area (Å²) in [4.78, 5) is 41.5. The number of carbonyl (C=O) groups is 3. The van der Waals surface area contributed by atoms with E-state index in [1.165, 1.54) is 11.3 Å². The van der Waals surface area contributed by atoms with Gasteiger partial charge < -0.3 is 14.9 Å². The molecule has 0 radical (unpaired) electrons. The number of carbonyl (C=O) groups excluding carboxylic acids is 2. The molecule has 24 heavy (non-hydrogen) atoms. The number of aliphatic carboxylic acids is 1. The molecule has 2 fully saturated rings. The number of thiophene rings is 1. The molecule has 0 unspecified atom stereocenters. The van der Waals surface area contributed by atoms with Crippen LogP contribution in [0.3, 0.4) is 0 Å². The lowest BCUT2D eigenvalue weighted by Crippen LogP contribution is -2.52. The van der Waals surface area contributed by atoms with E-state index in [0.717, 1.165) is 16.2 Å². The molecule has 1 saturated carbocycles. The van der Waals surface area contributed by atoms with Crippen LogP contribution in [0.4, 0.5) is 0 Å². The van der Waals surface area contributed by atoms with Crippen LogP contribution in [0.25, 0.3) is 0 Å². The maximum atomic E-state index is 12.4. The fourth-order valence-corrected chi connectivity index (χ4v) is 4.17. The molecule has 0 spiro atoms. The lowest BCUT2D eigenvalue weighted by Gasteiger charge is -2.40. The third-order valence-corrected chi connectivity index (χ3v) is 6.11. The molecule has 1 aliphatic carbocycles. The zero-order valence-electron chi connectivity index (χ0n) is 13.8. The van der Waals surface area contributed by atoms with Crippen LogP contribution in [-0.4, -0.2) is 58.9 Å². The smallest absolute Gasteiger partial charge is 0.310 e. The topological polar surface area (TPSA) is 77.9 Å². The Morgan fingerprint density at radius 1 is 1.12 bits per heavy atom. The van der Waals surface area contributed by atoms with Crippen molar-refractivity contribution in [3.8, 4) is 0 Å². The van der Waals surface area contributed by atoms with Crippen molar-refractivity contribution in [1.29, 1.82) is 0 Å². The molecule has 0 bridgehead atoms. The van der Waals surface area contributed by atoms with Crippen LogP contribution in [0, 0.1) is 12.3 Å². The summed E-state index contributed by atoms with van der Waals surface area (Å²) in [6, 6.07) is 3.77. The Labute approximate surface area is 145 Å². The molecular formula is C17H22N2O4S. The highest BCUT2D eigenvalue weighted by molar-refractivity contribution is 7.13. The second-order valence-electron chi connectivity index (χ2n) is 6.70. The van der Waals surface area contributed by atoms with E-state index in [0.29, 0.717) is 39.0 Å². The van der Waals surface area contributed by atoms with Gasteiger partial charge in [0.15, 0.2) is 0 Å². The lowest BCUT2D eigenvalue weighted by atomic mass is 9.66. The largest absolute Gasteiger partial charge is 0.481 e. The molecule has 0 atom stereocenters. The van der Waals surface area contributed by atoms with Crippen molar-refractivity contribution in [3.05, 3.63) is 21.9 Å². The maximum Gasteiger partial charge on any atom is 0.310 e. The predicted octanol–water partition coefficient (Wildman–Crippen LogP) is 1.99. The Hall–Kier alpha value is -1.89. The Morgan fingerprint density at radius 2 is 1.75 bits per heavy atom. The molecule has 130 valence electrons. The Kier molecular flexibility index (Phi) is 4.62. The van der Waals surface area contributed by atoms with Gasteiger partial charge in [-0.1, -0.05) is 6.42 Å². The van der Waals surface area contributed by atoms with Crippen LogP contribution >= 0.6 is 11.3 Å². The molecule has 1 aromatic rings. The van der Waals surface area contributed by atoms with Crippen LogP contribution in [0.15, 0.2) is 12.1 Å². The quantitative estimate of drug-likeness (QED) is 0.901. The first-order chi connectivity index (χ1) is 11.4. The highest BCUT2D eigenvalue weighted by Gasteiger charge is 2.46. The minimum absolute atomic E-state index is 0.0150. The maximum absolute atomic E-state index is 12.4. The van der Waals surface area contributed by atoms with E-state index < -0.39 is 11.4 Å². The van der Waals surface area contributed by atoms with Crippen molar-refractivity contribution >= 4 is 29.1 Å². The first kappa shape index (κ1) is 17.0. The summed E-state index contributed by atoms with van der Waals surface area (Å²) in [6.45, 7) is 3.93. The summed E-state index contributed by atoms with van der Waals surface area (Å²) in [5.74, 6) is -0.943. The van der Waals surface area contributed by atoms with Gasteiger partial charge in [0.25, 0.3) is 5.91 Å². The average Bonchev–Trinajstić information content (AvgIpc) is 2.96. The Bertz CT molecular complexity index is 657. The molecule has 7 heteroatoms. The van der Waals surface area contributed by atoms with E-state index in [1.54, 1.807) is 9.80 Å². The van der Waals surface area contributed by atoms with Crippen LogP contribution in [-0.2, 0) is 9.59 Å². The number of piperazine rings is 1. The number of amides is 2. The SMILES string of the molecule is Cc1ccc(C(=O)N2CCN(C(=O)CC3(C(=O)O)CCC3)CC2)s1. The van der Waals surface area contributed by atoms with Gasteiger partial charge in [0.1, 0.15) is 0 Å². The van der Waals surface area contributed by atoms with Crippen molar-refractivity contribution in [3.63, 3.8) is 0 Å². The predicted molar refractivity (Wildman–Crippen MR) is 90.1 cm³/mol. The zero-order chi connectivity index (χ0) is 17.3. The summed E-state index contributed by atoms with van der Waals surface area (Å²) in [5, 5.41) is 9.35. The number of hydrogen-bond acceptors (Lipinski definition) is 4. The van der Waals surface area contributed by atoms with E-state index in [4.69, 9.17) is 0 Å². The first-order valence-electron chi connectivity index (χ1n) is 8.28. The first-order valence-corrected chi connectivity index (χ1v) is 9.10. The molecule has 6 nitrogen and oxygen atoms in total. The van der Waals surface area contributed by atoms with E-state index >= 15 is 0 Å². The summed E-state index contributed by atoms with van der Waals surface area (Å²) in [7, 11) is 0. The van der Waals surface area contributed by atoms with Gasteiger partial charge in [-0.3, -0.25) is 14.4 Å². The molecule has 2 heterocycles. The molecule has 2 amide bonds. The van der Waals surface area contributed by atoms with Crippen molar-refractivity contribution in [2.75, 3.05) is 26.2 Å². The summed E-state index contributed by atoms with van der Waals surface area (Å²) in [5.41, 5.74) is -0.849. The van der Waals surface area contributed by atoms with E-state index in [9.17, 15) is 19.5 Å². The molecule has 1 aliphatic heterocycles. The molecule has 1 aromatic heterocycles. The number of carboxylic acid groups (broad SMARTS) is 1. The minimum Gasteiger partial charge on any atom is -0.481 e. The van der Waals surface area contributed by atoms with Gasteiger partial charge >= 0.3 is 5.97 Å². The molecule has 3 rings (SSSR count). The van der Waals surface area contributed by atoms with Gasteiger partial charge in [-0.15, -0.1) is 11.3 Å². The van der Waals surface area contributed by atoms with Gasteiger partial charge in [0, 0.05) is 37.5 Å². The third-order valence-electron chi connectivity index (χ3n) is 5.12. The molecule has 1 N–H and O–H groups in total. The minimum atomic E-state index is -0.857. The van der Waals surface area contributed by atoms with Crippen LogP contribution in [0.1, 0.15) is 40.2 Å². The van der Waals surface area contributed by atoms with Crippen LogP contribution < -0.4 is 0 Å². The number of aryl methyl sites for hydroxylation is 1. The van der Waals surface area contributed by atoms with Crippen molar-refractivity contribution in [2.24, 2.45) is 5.41 Å². The van der Waals surface area contributed by atoms with E-state index in [1.807, 2.05) is 19.1 Å². The van der Waals surface area contributed by atoms with Crippen molar-refractivity contribution < 1.29 is 19.5 Å². The highest BCUT2D eigenvalue weighted by atomic mass is 32.1. The average molecular weight is 350 g/mol. The van der Waals surface area contributed by atoms with E-state index in [2.05, 4.69) is 0 Å². The van der Waals surface area contributed by atoms with Crippen molar-refractivity contribution in [1.82, 2.24) is 9.80 Å². The Balaban J connectivity index is 1.54. The Morgan fingerprint density at radius 3 is 2.21 bits per heavy atom. The van der Waals surface area contributed by atoms with Crippen LogP contribution in [0.2, 0.25) is 0 Å². The number of rotatable bonds is 4. The van der Waals surface area contributed by atoms with Crippen molar-refractivity contribution in [2.45, 2.75) is 32.6 Å². The number of hydrogen-bond donors (Lipinski definition) is 1. The summed E-state index contributed by atoms with van der Waals surface area (Å²) in [6.07, 6.45) is 2.14. The van der Waals surface area contributed by atoms with Gasteiger partial charge in [-0.05, 0) is 31.9 Å². The molecular weight excluding hydrogens is 328 g/mol. The summed E-state index contributed by atoms with van der Waals surface area (Å²) < 4.78 is 0. The standard InChI is InChI=1S/C17H22N2O4S/c1-12-3-4-13(24-12)15(21)19-9-7-18(8-10-19)14(20)11-17(16(22)23)5-2-6-17/h3-4H,2,5-11H2,1H3,(H,22,23). The summed E-state index contributed by atoms with van der Waals surface area (Å²) >= 11 is 1.48. The van der Waals surface area contributed by atoms with Gasteiger partial charge in [0.2, 0.25) is 5.91 Å². The normalized spacial score (nSPS) is 19.7. The molecule has 1 saturated heterocycles.